The minimum Gasteiger partial charge on any atom is -0.481 e. The number of pyridine rings is 1. The number of carboxylic acids is 1. The third-order valence-electron chi connectivity index (χ3n) is 1.27. The molecule has 0 aliphatic rings. The molecule has 0 spiro atoms. The molecule has 0 radical (unpaired) electrons. The highest BCUT2D eigenvalue weighted by molar-refractivity contribution is 9.10. The highest BCUT2D eigenvalue weighted by atomic mass is 79.9. The molecular weight excluding hydrogens is 245 g/mol. The molecule has 1 N–H and O–H groups in total. The van der Waals surface area contributed by atoms with Crippen LogP contribution >= 0.6 is 27.5 Å². The standard InChI is InChI=1S/C7H5BrClNO2/c8-5-1-2-10-7(9)4(5)3-6(11)12/h1-2H,3H2,(H,11,12). The Morgan fingerprint density at radius 3 is 2.92 bits per heavy atom. The molecule has 0 aliphatic carbocycles. The lowest BCUT2D eigenvalue weighted by atomic mass is 10.2. The van der Waals surface area contributed by atoms with E-state index in [9.17, 15) is 4.79 Å². The fourth-order valence-corrected chi connectivity index (χ4v) is 1.54. The van der Waals surface area contributed by atoms with E-state index in [0.717, 1.165) is 0 Å². The topological polar surface area (TPSA) is 50.2 Å². The van der Waals surface area contributed by atoms with Crippen molar-refractivity contribution in [3.05, 3.63) is 27.5 Å². The van der Waals surface area contributed by atoms with Crippen molar-refractivity contribution >= 4 is 33.5 Å². The first kappa shape index (κ1) is 9.48. The van der Waals surface area contributed by atoms with Crippen LogP contribution in [0, 0.1) is 0 Å². The van der Waals surface area contributed by atoms with E-state index in [-0.39, 0.29) is 11.6 Å². The second kappa shape index (κ2) is 3.87. The summed E-state index contributed by atoms with van der Waals surface area (Å²) in [6.45, 7) is 0. The van der Waals surface area contributed by atoms with Gasteiger partial charge < -0.3 is 5.11 Å². The van der Waals surface area contributed by atoms with Gasteiger partial charge in [-0.2, -0.15) is 0 Å². The van der Waals surface area contributed by atoms with Crippen LogP contribution in [0.1, 0.15) is 5.56 Å². The summed E-state index contributed by atoms with van der Waals surface area (Å²) in [4.78, 5) is 14.1. The van der Waals surface area contributed by atoms with Crippen molar-refractivity contribution in [1.82, 2.24) is 4.98 Å². The zero-order valence-corrected chi connectivity index (χ0v) is 8.26. The number of carbonyl (C=O) groups is 1. The van der Waals surface area contributed by atoms with E-state index in [4.69, 9.17) is 16.7 Å². The van der Waals surface area contributed by atoms with Crippen molar-refractivity contribution in [1.29, 1.82) is 0 Å². The van der Waals surface area contributed by atoms with Gasteiger partial charge in [-0.1, -0.05) is 27.5 Å². The molecule has 1 aromatic rings. The molecule has 1 aromatic heterocycles. The number of hydrogen-bond acceptors (Lipinski definition) is 2. The van der Waals surface area contributed by atoms with Crippen LogP contribution in [0.25, 0.3) is 0 Å². The van der Waals surface area contributed by atoms with E-state index in [1.807, 2.05) is 0 Å². The second-order valence-corrected chi connectivity index (χ2v) is 3.35. The van der Waals surface area contributed by atoms with E-state index in [1.165, 1.54) is 6.20 Å². The average molecular weight is 250 g/mol. The molecule has 1 heterocycles. The van der Waals surface area contributed by atoms with Gasteiger partial charge in [-0.15, -0.1) is 0 Å². The summed E-state index contributed by atoms with van der Waals surface area (Å²) in [6.07, 6.45) is 1.39. The summed E-state index contributed by atoms with van der Waals surface area (Å²) in [5.41, 5.74) is 0.506. The first-order valence-electron chi connectivity index (χ1n) is 3.12. The Balaban J connectivity index is 3.04. The first-order valence-corrected chi connectivity index (χ1v) is 4.29. The fourth-order valence-electron chi connectivity index (χ4n) is 0.754. The van der Waals surface area contributed by atoms with E-state index in [1.54, 1.807) is 6.07 Å². The largest absolute Gasteiger partial charge is 0.481 e. The van der Waals surface area contributed by atoms with E-state index >= 15 is 0 Å². The third kappa shape index (κ3) is 2.19. The van der Waals surface area contributed by atoms with Crippen LogP contribution in [-0.2, 0) is 11.2 Å². The molecule has 5 heteroatoms. The van der Waals surface area contributed by atoms with E-state index < -0.39 is 5.97 Å². The summed E-state index contributed by atoms with van der Waals surface area (Å²) >= 11 is 8.86. The number of aliphatic carboxylic acids is 1. The maximum absolute atomic E-state index is 10.4. The van der Waals surface area contributed by atoms with Crippen LogP contribution in [-0.4, -0.2) is 16.1 Å². The summed E-state index contributed by atoms with van der Waals surface area (Å²) < 4.78 is 0.671. The summed E-state index contributed by atoms with van der Waals surface area (Å²) in [6, 6.07) is 1.66. The Morgan fingerprint density at radius 1 is 1.75 bits per heavy atom. The summed E-state index contributed by atoms with van der Waals surface area (Å²) in [7, 11) is 0. The van der Waals surface area contributed by atoms with Gasteiger partial charge in [-0.3, -0.25) is 4.79 Å². The van der Waals surface area contributed by atoms with Crippen molar-refractivity contribution in [2.75, 3.05) is 0 Å². The number of nitrogens with zero attached hydrogens (tertiary/aromatic N) is 1. The lowest BCUT2D eigenvalue weighted by Gasteiger charge is -2.01. The van der Waals surface area contributed by atoms with Gasteiger partial charge in [-0.05, 0) is 6.07 Å². The predicted molar refractivity (Wildman–Crippen MR) is 48.3 cm³/mol. The molecule has 0 aromatic carbocycles. The monoisotopic (exact) mass is 249 g/mol. The van der Waals surface area contributed by atoms with E-state index in [0.29, 0.717) is 10.0 Å². The number of carboxylic acid groups (broad SMARTS) is 1. The minimum absolute atomic E-state index is 0.118. The zero-order valence-electron chi connectivity index (χ0n) is 5.92. The maximum atomic E-state index is 10.4. The van der Waals surface area contributed by atoms with Gasteiger partial charge in [0.05, 0.1) is 6.42 Å². The number of halogens is 2. The smallest absolute Gasteiger partial charge is 0.307 e. The molecule has 0 saturated carbocycles. The van der Waals surface area contributed by atoms with Crippen LogP contribution in [0.4, 0.5) is 0 Å². The molecule has 0 atom stereocenters. The molecule has 0 unspecified atom stereocenters. The minimum atomic E-state index is -0.925. The second-order valence-electron chi connectivity index (χ2n) is 2.13. The zero-order chi connectivity index (χ0) is 9.14. The first-order chi connectivity index (χ1) is 5.61. The van der Waals surface area contributed by atoms with Crippen molar-refractivity contribution in [2.45, 2.75) is 6.42 Å². The lowest BCUT2D eigenvalue weighted by Crippen LogP contribution is -2.02. The van der Waals surface area contributed by atoms with Crippen molar-refractivity contribution in [2.24, 2.45) is 0 Å². The van der Waals surface area contributed by atoms with Gasteiger partial charge in [0.1, 0.15) is 5.15 Å². The van der Waals surface area contributed by atoms with Crippen molar-refractivity contribution in [3.63, 3.8) is 0 Å². The number of rotatable bonds is 2. The molecule has 1 rings (SSSR count). The van der Waals surface area contributed by atoms with Gasteiger partial charge >= 0.3 is 5.97 Å². The van der Waals surface area contributed by atoms with Gasteiger partial charge in [-0.25, -0.2) is 4.98 Å². The number of hydrogen-bond donors (Lipinski definition) is 1. The van der Waals surface area contributed by atoms with Gasteiger partial charge in [0, 0.05) is 16.2 Å². The average Bonchev–Trinajstić information content (AvgIpc) is 1.97. The molecule has 64 valence electrons. The SMILES string of the molecule is O=C(O)Cc1c(Br)ccnc1Cl. The Kier molecular flexibility index (Phi) is 3.05. The van der Waals surface area contributed by atoms with Gasteiger partial charge in [0.15, 0.2) is 0 Å². The van der Waals surface area contributed by atoms with Crippen LogP contribution < -0.4 is 0 Å². The maximum Gasteiger partial charge on any atom is 0.307 e. The molecule has 3 nitrogen and oxygen atoms in total. The molecule has 0 bridgehead atoms. The Morgan fingerprint density at radius 2 is 2.42 bits per heavy atom. The fraction of sp³-hybridized carbons (Fsp3) is 0.143. The highest BCUT2D eigenvalue weighted by Crippen LogP contribution is 2.22. The lowest BCUT2D eigenvalue weighted by molar-refractivity contribution is -0.136. The van der Waals surface area contributed by atoms with Gasteiger partial charge in [0.2, 0.25) is 0 Å². The Labute approximate surface area is 82.5 Å². The Hall–Kier alpha value is -0.610. The van der Waals surface area contributed by atoms with Crippen LogP contribution in [0.5, 0.6) is 0 Å². The van der Waals surface area contributed by atoms with Crippen LogP contribution in [0.3, 0.4) is 0 Å². The van der Waals surface area contributed by atoms with Crippen LogP contribution in [0.15, 0.2) is 16.7 Å². The summed E-state index contributed by atoms with van der Waals surface area (Å²) in [5, 5.41) is 8.74. The van der Waals surface area contributed by atoms with E-state index in [2.05, 4.69) is 20.9 Å². The number of aromatic nitrogens is 1. The highest BCUT2D eigenvalue weighted by Gasteiger charge is 2.09. The molecule has 0 saturated heterocycles. The molecule has 0 amide bonds. The van der Waals surface area contributed by atoms with Crippen molar-refractivity contribution in [3.8, 4) is 0 Å². The molecule has 0 fully saturated rings. The van der Waals surface area contributed by atoms with Gasteiger partial charge in [0.25, 0.3) is 0 Å². The predicted octanol–water partition coefficient (Wildman–Crippen LogP) is 2.12. The molecule has 12 heavy (non-hydrogen) atoms. The Bertz CT molecular complexity index is 296. The third-order valence-corrected chi connectivity index (χ3v) is 2.34. The quantitative estimate of drug-likeness (QED) is 0.818. The van der Waals surface area contributed by atoms with Crippen molar-refractivity contribution < 1.29 is 9.90 Å². The molecule has 0 aliphatic heterocycles. The normalized spacial score (nSPS) is 9.83. The van der Waals surface area contributed by atoms with Crippen LogP contribution in [0.2, 0.25) is 5.15 Å². The molecular formula is C7H5BrClNO2. The summed E-state index contributed by atoms with van der Waals surface area (Å²) in [5.74, 6) is -0.925.